The monoisotopic (exact) mass is 277 g/mol. The summed E-state index contributed by atoms with van der Waals surface area (Å²) in [5.74, 6) is 1.33. The van der Waals surface area contributed by atoms with E-state index in [9.17, 15) is 4.79 Å². The van der Waals surface area contributed by atoms with E-state index in [0.717, 1.165) is 44.1 Å². The summed E-state index contributed by atoms with van der Waals surface area (Å²) in [7, 11) is 3.67. The van der Waals surface area contributed by atoms with E-state index in [4.69, 9.17) is 4.74 Å². The third-order valence-electron chi connectivity index (χ3n) is 3.68. The molecular weight excluding hydrogens is 254 g/mol. The quantitative estimate of drug-likeness (QED) is 0.913. The summed E-state index contributed by atoms with van der Waals surface area (Å²) in [6.07, 6.45) is 2.07. The fourth-order valence-electron chi connectivity index (χ4n) is 2.54. The second-order valence-corrected chi connectivity index (χ2v) is 5.37. The average Bonchev–Trinajstić information content (AvgIpc) is 2.46. The number of carbonyl (C=O) groups excluding carboxylic acids is 1. The number of hydrogen-bond acceptors (Lipinski definition) is 4. The van der Waals surface area contributed by atoms with Crippen LogP contribution in [0.3, 0.4) is 0 Å². The van der Waals surface area contributed by atoms with E-state index in [1.807, 2.05) is 32.0 Å². The highest BCUT2D eigenvalue weighted by Crippen LogP contribution is 2.17. The van der Waals surface area contributed by atoms with Gasteiger partial charge >= 0.3 is 0 Å². The summed E-state index contributed by atoms with van der Waals surface area (Å²) in [5, 5.41) is 2.98. The molecule has 1 aliphatic rings. The van der Waals surface area contributed by atoms with E-state index in [1.54, 1.807) is 6.07 Å². The predicted octanol–water partition coefficient (Wildman–Crippen LogP) is 1.93. The molecule has 1 aromatic heterocycles. The van der Waals surface area contributed by atoms with Crippen LogP contribution in [0, 0.1) is 12.8 Å². The predicted molar refractivity (Wildman–Crippen MR) is 79.0 cm³/mol. The van der Waals surface area contributed by atoms with Crippen molar-refractivity contribution >= 4 is 11.7 Å². The van der Waals surface area contributed by atoms with Crippen molar-refractivity contribution in [3.63, 3.8) is 0 Å². The van der Waals surface area contributed by atoms with Crippen LogP contribution in [0.4, 0.5) is 5.82 Å². The minimum absolute atomic E-state index is 0.0542. The molecule has 0 bridgehead atoms. The number of rotatable bonds is 4. The minimum Gasteiger partial charge on any atom is -0.381 e. The van der Waals surface area contributed by atoms with Crippen LogP contribution in [-0.2, 0) is 4.74 Å². The highest BCUT2D eigenvalue weighted by atomic mass is 16.5. The number of nitrogens with one attached hydrogen (secondary N) is 1. The highest BCUT2D eigenvalue weighted by Gasteiger charge is 2.20. The molecule has 2 heterocycles. The van der Waals surface area contributed by atoms with E-state index >= 15 is 0 Å². The molecular formula is C15H23N3O2. The van der Waals surface area contributed by atoms with Gasteiger partial charge in [-0.05, 0) is 37.8 Å². The molecule has 20 heavy (non-hydrogen) atoms. The SMILES string of the molecule is CNc1cc(C(=O)N(C)CC2CCOCC2)cc(C)n1. The van der Waals surface area contributed by atoms with Gasteiger partial charge in [-0.2, -0.15) is 0 Å². The first-order valence-electron chi connectivity index (χ1n) is 7.10. The van der Waals surface area contributed by atoms with E-state index in [0.29, 0.717) is 11.5 Å². The maximum absolute atomic E-state index is 12.5. The molecule has 5 heteroatoms. The number of nitrogens with zero attached hydrogens (tertiary/aromatic N) is 2. The molecule has 0 saturated carbocycles. The zero-order valence-electron chi connectivity index (χ0n) is 12.5. The maximum Gasteiger partial charge on any atom is 0.253 e. The van der Waals surface area contributed by atoms with Crippen molar-refractivity contribution in [1.29, 1.82) is 0 Å². The van der Waals surface area contributed by atoms with E-state index in [-0.39, 0.29) is 5.91 Å². The van der Waals surface area contributed by atoms with Crippen LogP contribution in [0.2, 0.25) is 0 Å². The van der Waals surface area contributed by atoms with Crippen LogP contribution in [0.15, 0.2) is 12.1 Å². The molecule has 0 spiro atoms. The van der Waals surface area contributed by atoms with Crippen LogP contribution in [-0.4, -0.2) is 49.6 Å². The Bertz CT molecular complexity index is 470. The topological polar surface area (TPSA) is 54.5 Å². The number of aromatic nitrogens is 1. The van der Waals surface area contributed by atoms with Crippen molar-refractivity contribution in [2.24, 2.45) is 5.92 Å². The number of aryl methyl sites for hydroxylation is 1. The highest BCUT2D eigenvalue weighted by molar-refractivity contribution is 5.94. The summed E-state index contributed by atoms with van der Waals surface area (Å²) >= 11 is 0. The molecule has 0 radical (unpaired) electrons. The van der Waals surface area contributed by atoms with E-state index in [2.05, 4.69) is 10.3 Å². The molecule has 0 unspecified atom stereocenters. The van der Waals surface area contributed by atoms with Gasteiger partial charge in [0.15, 0.2) is 0 Å². The molecule has 0 atom stereocenters. The summed E-state index contributed by atoms with van der Waals surface area (Å²) < 4.78 is 5.35. The first kappa shape index (κ1) is 14.8. The molecule has 0 aliphatic carbocycles. The Kier molecular flexibility index (Phi) is 4.95. The summed E-state index contributed by atoms with van der Waals surface area (Å²) in [6.45, 7) is 4.31. The van der Waals surface area contributed by atoms with Gasteiger partial charge in [0, 0.05) is 45.1 Å². The van der Waals surface area contributed by atoms with Gasteiger partial charge in [-0.15, -0.1) is 0 Å². The molecule has 1 aromatic rings. The van der Waals surface area contributed by atoms with Gasteiger partial charge in [0.1, 0.15) is 5.82 Å². The molecule has 1 saturated heterocycles. The van der Waals surface area contributed by atoms with Gasteiger partial charge in [0.2, 0.25) is 0 Å². The Morgan fingerprint density at radius 1 is 1.45 bits per heavy atom. The van der Waals surface area contributed by atoms with Crippen LogP contribution < -0.4 is 5.32 Å². The van der Waals surface area contributed by atoms with Crippen molar-refractivity contribution in [3.05, 3.63) is 23.4 Å². The minimum atomic E-state index is 0.0542. The lowest BCUT2D eigenvalue weighted by Gasteiger charge is -2.27. The molecule has 1 amide bonds. The molecule has 0 aromatic carbocycles. The lowest BCUT2D eigenvalue weighted by atomic mass is 9.99. The lowest BCUT2D eigenvalue weighted by Crippen LogP contribution is -2.34. The van der Waals surface area contributed by atoms with E-state index in [1.165, 1.54) is 0 Å². The van der Waals surface area contributed by atoms with E-state index < -0.39 is 0 Å². The Morgan fingerprint density at radius 2 is 2.15 bits per heavy atom. The van der Waals surface area contributed by atoms with Crippen LogP contribution in [0.25, 0.3) is 0 Å². The van der Waals surface area contributed by atoms with Crippen molar-refractivity contribution < 1.29 is 9.53 Å². The number of carbonyl (C=O) groups is 1. The Balaban J connectivity index is 2.03. The first-order valence-corrected chi connectivity index (χ1v) is 7.10. The Hall–Kier alpha value is -1.62. The number of amides is 1. The Morgan fingerprint density at radius 3 is 2.80 bits per heavy atom. The number of pyridine rings is 1. The van der Waals surface area contributed by atoms with Gasteiger partial charge < -0.3 is 15.0 Å². The smallest absolute Gasteiger partial charge is 0.253 e. The van der Waals surface area contributed by atoms with Crippen molar-refractivity contribution in [3.8, 4) is 0 Å². The van der Waals surface area contributed by atoms with Crippen molar-refractivity contribution in [2.45, 2.75) is 19.8 Å². The van der Waals surface area contributed by atoms with Gasteiger partial charge in [-0.1, -0.05) is 0 Å². The first-order chi connectivity index (χ1) is 9.60. The van der Waals surface area contributed by atoms with Gasteiger partial charge in [0.05, 0.1) is 0 Å². The number of ether oxygens (including phenoxy) is 1. The third-order valence-corrected chi connectivity index (χ3v) is 3.68. The van der Waals surface area contributed by atoms with Crippen LogP contribution in [0.5, 0.6) is 0 Å². The largest absolute Gasteiger partial charge is 0.381 e. The third kappa shape index (κ3) is 3.70. The number of hydrogen-bond donors (Lipinski definition) is 1. The fraction of sp³-hybridized carbons (Fsp3) is 0.600. The van der Waals surface area contributed by atoms with Crippen molar-refractivity contribution in [1.82, 2.24) is 9.88 Å². The molecule has 1 N–H and O–H groups in total. The summed E-state index contributed by atoms with van der Waals surface area (Å²) in [6, 6.07) is 3.64. The summed E-state index contributed by atoms with van der Waals surface area (Å²) in [4.78, 5) is 18.6. The molecule has 2 rings (SSSR count). The average molecular weight is 277 g/mol. The standard InChI is InChI=1S/C15H23N3O2/c1-11-8-13(9-14(16-2)17-11)15(19)18(3)10-12-4-6-20-7-5-12/h8-9,12H,4-7,10H2,1-3H3,(H,16,17). The molecule has 110 valence electrons. The molecule has 5 nitrogen and oxygen atoms in total. The van der Waals surface area contributed by atoms with Gasteiger partial charge in [-0.25, -0.2) is 4.98 Å². The number of anilines is 1. The van der Waals surface area contributed by atoms with Crippen molar-refractivity contribution in [2.75, 3.05) is 39.2 Å². The molecule has 1 aliphatic heterocycles. The van der Waals surface area contributed by atoms with Gasteiger partial charge in [0.25, 0.3) is 5.91 Å². The summed E-state index contributed by atoms with van der Waals surface area (Å²) in [5.41, 5.74) is 1.54. The fourth-order valence-corrected chi connectivity index (χ4v) is 2.54. The molecule has 1 fully saturated rings. The second kappa shape index (κ2) is 6.70. The lowest BCUT2D eigenvalue weighted by molar-refractivity contribution is 0.0497. The normalized spacial score (nSPS) is 15.9. The maximum atomic E-state index is 12.5. The zero-order chi connectivity index (χ0) is 14.5. The zero-order valence-corrected chi connectivity index (χ0v) is 12.5. The Labute approximate surface area is 120 Å². The van der Waals surface area contributed by atoms with Gasteiger partial charge in [-0.3, -0.25) is 4.79 Å². The van der Waals surface area contributed by atoms with Crippen LogP contribution in [0.1, 0.15) is 28.9 Å². The second-order valence-electron chi connectivity index (χ2n) is 5.37. The van der Waals surface area contributed by atoms with Crippen LogP contribution >= 0.6 is 0 Å².